The molecule has 1 N–H and O–H groups in total. The zero-order valence-corrected chi connectivity index (χ0v) is 9.16. The van der Waals surface area contributed by atoms with Gasteiger partial charge in [-0.15, -0.1) is 0 Å². The Balaban J connectivity index is 2.52. The fourth-order valence-electron chi connectivity index (χ4n) is 2.37. The monoisotopic (exact) mass is 185 g/mol. The first-order valence-corrected chi connectivity index (χ1v) is 5.60. The van der Waals surface area contributed by atoms with Crippen LogP contribution in [-0.4, -0.2) is 34.7 Å². The van der Waals surface area contributed by atoms with Crippen molar-refractivity contribution in [1.82, 2.24) is 4.90 Å². The molecule has 0 amide bonds. The van der Waals surface area contributed by atoms with Crippen molar-refractivity contribution in [2.45, 2.75) is 64.6 Å². The Bertz CT molecular complexity index is 147. The molecule has 1 aliphatic rings. The minimum absolute atomic E-state index is 0.0750. The fraction of sp³-hybridized carbons (Fsp3) is 1.00. The molecule has 13 heavy (non-hydrogen) atoms. The van der Waals surface area contributed by atoms with Crippen LogP contribution in [0, 0.1) is 0 Å². The molecule has 1 rings (SSSR count). The third-order valence-corrected chi connectivity index (χ3v) is 3.02. The van der Waals surface area contributed by atoms with Gasteiger partial charge in [0.05, 0.1) is 6.10 Å². The lowest BCUT2D eigenvalue weighted by atomic mass is 10.1. The van der Waals surface area contributed by atoms with Gasteiger partial charge < -0.3 is 5.11 Å². The summed E-state index contributed by atoms with van der Waals surface area (Å²) in [4.78, 5) is 2.46. The normalized spacial score (nSPS) is 29.1. The van der Waals surface area contributed by atoms with Gasteiger partial charge in [-0.25, -0.2) is 0 Å². The van der Waals surface area contributed by atoms with Gasteiger partial charge in [-0.05, 0) is 46.1 Å². The van der Waals surface area contributed by atoms with E-state index in [1.165, 1.54) is 19.3 Å². The van der Waals surface area contributed by atoms with E-state index in [0.29, 0.717) is 12.1 Å². The molecular formula is C11H23NO. The topological polar surface area (TPSA) is 23.5 Å². The van der Waals surface area contributed by atoms with E-state index in [-0.39, 0.29) is 6.10 Å². The Kier molecular flexibility index (Phi) is 4.20. The van der Waals surface area contributed by atoms with Crippen LogP contribution < -0.4 is 0 Å². The molecule has 2 nitrogen and oxygen atoms in total. The number of rotatable bonds is 4. The average molecular weight is 185 g/mol. The molecule has 0 saturated heterocycles. The van der Waals surface area contributed by atoms with E-state index in [4.69, 9.17) is 0 Å². The highest BCUT2D eigenvalue weighted by atomic mass is 16.3. The van der Waals surface area contributed by atoms with Gasteiger partial charge in [0.15, 0.2) is 0 Å². The molecule has 1 aliphatic carbocycles. The molecule has 1 fully saturated rings. The number of aliphatic hydroxyl groups is 1. The molecule has 0 heterocycles. The van der Waals surface area contributed by atoms with E-state index in [1.807, 2.05) is 0 Å². The van der Waals surface area contributed by atoms with Crippen LogP contribution in [0.15, 0.2) is 0 Å². The molecule has 0 aromatic carbocycles. The molecule has 0 radical (unpaired) electrons. The van der Waals surface area contributed by atoms with Crippen LogP contribution in [0.4, 0.5) is 0 Å². The van der Waals surface area contributed by atoms with Gasteiger partial charge >= 0.3 is 0 Å². The Labute approximate surface area is 81.9 Å². The second-order valence-electron chi connectivity index (χ2n) is 4.40. The van der Waals surface area contributed by atoms with Crippen molar-refractivity contribution in [2.24, 2.45) is 0 Å². The highest BCUT2D eigenvalue weighted by Crippen LogP contribution is 2.25. The number of hydrogen-bond acceptors (Lipinski definition) is 2. The maximum absolute atomic E-state index is 9.79. The van der Waals surface area contributed by atoms with Crippen LogP contribution in [0.25, 0.3) is 0 Å². The maximum atomic E-state index is 9.79. The average Bonchev–Trinajstić information content (AvgIpc) is 2.47. The molecular weight excluding hydrogens is 162 g/mol. The Morgan fingerprint density at radius 2 is 2.08 bits per heavy atom. The van der Waals surface area contributed by atoms with E-state index in [9.17, 15) is 5.11 Å². The Hall–Kier alpha value is -0.0800. The minimum Gasteiger partial charge on any atom is -0.391 e. The maximum Gasteiger partial charge on any atom is 0.0695 e. The lowest BCUT2D eigenvalue weighted by Gasteiger charge is -2.34. The van der Waals surface area contributed by atoms with Gasteiger partial charge in [-0.3, -0.25) is 4.90 Å². The molecule has 0 aromatic heterocycles. The van der Waals surface area contributed by atoms with Gasteiger partial charge in [0, 0.05) is 12.1 Å². The lowest BCUT2D eigenvalue weighted by Crippen LogP contribution is -2.44. The summed E-state index contributed by atoms with van der Waals surface area (Å²) in [5.41, 5.74) is 0. The summed E-state index contributed by atoms with van der Waals surface area (Å²) in [6.07, 6.45) is 4.48. The van der Waals surface area contributed by atoms with Crippen molar-refractivity contribution in [1.29, 1.82) is 0 Å². The van der Waals surface area contributed by atoms with Crippen LogP contribution >= 0.6 is 0 Å². The molecule has 78 valence electrons. The fourth-order valence-corrected chi connectivity index (χ4v) is 2.37. The molecule has 0 aliphatic heterocycles. The van der Waals surface area contributed by atoms with Crippen LogP contribution in [0.3, 0.4) is 0 Å². The van der Waals surface area contributed by atoms with Crippen molar-refractivity contribution in [3.8, 4) is 0 Å². The molecule has 1 saturated carbocycles. The predicted octanol–water partition coefficient (Wildman–Crippen LogP) is 2.02. The first-order chi connectivity index (χ1) is 6.16. The van der Waals surface area contributed by atoms with Crippen molar-refractivity contribution >= 4 is 0 Å². The minimum atomic E-state index is -0.0750. The van der Waals surface area contributed by atoms with Gasteiger partial charge in [-0.2, -0.15) is 0 Å². The van der Waals surface area contributed by atoms with Gasteiger partial charge in [0.25, 0.3) is 0 Å². The summed E-state index contributed by atoms with van der Waals surface area (Å²) in [6, 6.07) is 0.998. The molecule has 0 bridgehead atoms. The zero-order chi connectivity index (χ0) is 9.84. The van der Waals surface area contributed by atoms with E-state index in [2.05, 4.69) is 25.7 Å². The van der Waals surface area contributed by atoms with Crippen LogP contribution in [0.1, 0.15) is 46.5 Å². The Morgan fingerprint density at radius 3 is 2.46 bits per heavy atom. The molecule has 2 atom stereocenters. The van der Waals surface area contributed by atoms with Crippen LogP contribution in [-0.2, 0) is 0 Å². The van der Waals surface area contributed by atoms with Crippen molar-refractivity contribution in [3.05, 3.63) is 0 Å². The third-order valence-electron chi connectivity index (χ3n) is 3.02. The lowest BCUT2D eigenvalue weighted by molar-refractivity contribution is 0.0519. The number of nitrogens with zero attached hydrogens (tertiary/aromatic N) is 1. The van der Waals surface area contributed by atoms with Crippen LogP contribution in [0.5, 0.6) is 0 Å². The largest absolute Gasteiger partial charge is 0.391 e. The van der Waals surface area contributed by atoms with Gasteiger partial charge in [-0.1, -0.05) is 6.92 Å². The first kappa shape index (κ1) is 11.0. The molecule has 2 heteroatoms. The van der Waals surface area contributed by atoms with Crippen molar-refractivity contribution < 1.29 is 5.11 Å². The quantitative estimate of drug-likeness (QED) is 0.724. The Morgan fingerprint density at radius 1 is 1.38 bits per heavy atom. The zero-order valence-electron chi connectivity index (χ0n) is 9.16. The van der Waals surface area contributed by atoms with Crippen molar-refractivity contribution in [3.63, 3.8) is 0 Å². The van der Waals surface area contributed by atoms with E-state index in [0.717, 1.165) is 13.0 Å². The summed E-state index contributed by atoms with van der Waals surface area (Å²) in [5.74, 6) is 0. The number of hydrogen-bond donors (Lipinski definition) is 1. The van der Waals surface area contributed by atoms with E-state index >= 15 is 0 Å². The van der Waals surface area contributed by atoms with Gasteiger partial charge in [0.1, 0.15) is 0 Å². The SMILES string of the molecule is CCCN(C(C)C)C1CCCC1O. The van der Waals surface area contributed by atoms with Gasteiger partial charge in [0.2, 0.25) is 0 Å². The number of aliphatic hydroxyl groups excluding tert-OH is 1. The van der Waals surface area contributed by atoms with E-state index in [1.54, 1.807) is 0 Å². The highest BCUT2D eigenvalue weighted by Gasteiger charge is 2.31. The summed E-state index contributed by atoms with van der Waals surface area (Å²) in [5, 5.41) is 9.79. The summed E-state index contributed by atoms with van der Waals surface area (Å²) in [6.45, 7) is 7.78. The second-order valence-corrected chi connectivity index (χ2v) is 4.40. The third kappa shape index (κ3) is 2.68. The summed E-state index contributed by atoms with van der Waals surface area (Å²) >= 11 is 0. The molecule has 0 aromatic rings. The first-order valence-electron chi connectivity index (χ1n) is 5.60. The molecule has 2 unspecified atom stereocenters. The summed E-state index contributed by atoms with van der Waals surface area (Å²) in [7, 11) is 0. The second kappa shape index (κ2) is 4.97. The highest BCUT2D eigenvalue weighted by molar-refractivity contribution is 4.86. The smallest absolute Gasteiger partial charge is 0.0695 e. The van der Waals surface area contributed by atoms with Crippen LogP contribution in [0.2, 0.25) is 0 Å². The predicted molar refractivity (Wildman–Crippen MR) is 55.8 cm³/mol. The standard InChI is InChI=1S/C11H23NO/c1-4-8-12(9(2)3)10-6-5-7-11(10)13/h9-11,13H,4-8H2,1-3H3. The molecule has 0 spiro atoms. The summed E-state index contributed by atoms with van der Waals surface area (Å²) < 4.78 is 0. The van der Waals surface area contributed by atoms with E-state index < -0.39 is 0 Å². The van der Waals surface area contributed by atoms with Crippen molar-refractivity contribution in [2.75, 3.05) is 6.54 Å².